The Balaban J connectivity index is 1.20. The van der Waals surface area contributed by atoms with Crippen LogP contribution in [0.4, 0.5) is 0 Å². The summed E-state index contributed by atoms with van der Waals surface area (Å²) in [7, 11) is 0. The first-order chi connectivity index (χ1) is 18.3. The van der Waals surface area contributed by atoms with E-state index in [0.29, 0.717) is 17.8 Å². The summed E-state index contributed by atoms with van der Waals surface area (Å²) in [6.07, 6.45) is 38.9. The maximum atomic E-state index is 2.69. The van der Waals surface area contributed by atoms with E-state index in [1.54, 1.807) is 16.7 Å². The van der Waals surface area contributed by atoms with Crippen LogP contribution in [0.3, 0.4) is 0 Å². The summed E-state index contributed by atoms with van der Waals surface area (Å²) >= 11 is 0. The third-order valence-electron chi connectivity index (χ3n) is 11.3. The van der Waals surface area contributed by atoms with Crippen molar-refractivity contribution in [3.8, 4) is 0 Å². The van der Waals surface area contributed by atoms with Gasteiger partial charge < -0.3 is 0 Å². The smallest absolute Gasteiger partial charge is 0.00330 e. The zero-order valence-electron chi connectivity index (χ0n) is 23.5. The summed E-state index contributed by atoms with van der Waals surface area (Å²) < 4.78 is 0. The maximum Gasteiger partial charge on any atom is -0.00330 e. The molecule has 0 aromatic heterocycles. The van der Waals surface area contributed by atoms with Gasteiger partial charge in [-0.3, -0.25) is 0 Å². The van der Waals surface area contributed by atoms with E-state index in [1.165, 1.54) is 116 Å². The van der Waals surface area contributed by atoms with Crippen LogP contribution in [-0.2, 0) is 0 Å². The van der Waals surface area contributed by atoms with Crippen molar-refractivity contribution in [3.05, 3.63) is 71.3 Å². The predicted molar refractivity (Wildman–Crippen MR) is 159 cm³/mol. The Hall–Kier alpha value is -1.56. The van der Waals surface area contributed by atoms with E-state index >= 15 is 0 Å². The van der Waals surface area contributed by atoms with Gasteiger partial charge in [0.2, 0.25) is 0 Å². The van der Waals surface area contributed by atoms with E-state index < -0.39 is 0 Å². The fourth-order valence-corrected chi connectivity index (χ4v) is 9.01. The molecule has 0 radical (unpaired) electrons. The Morgan fingerprint density at radius 3 is 1.78 bits per heavy atom. The van der Waals surface area contributed by atoms with Crippen molar-refractivity contribution in [2.75, 3.05) is 0 Å². The zero-order valence-corrected chi connectivity index (χ0v) is 23.5. The van der Waals surface area contributed by atoms with Crippen LogP contribution in [0.1, 0.15) is 139 Å². The average Bonchev–Trinajstić information content (AvgIpc) is 3.00. The van der Waals surface area contributed by atoms with Gasteiger partial charge >= 0.3 is 0 Å². The van der Waals surface area contributed by atoms with Gasteiger partial charge in [0.25, 0.3) is 0 Å². The van der Waals surface area contributed by atoms with Crippen molar-refractivity contribution < 1.29 is 0 Å². The fourth-order valence-electron chi connectivity index (χ4n) is 9.01. The molecule has 5 aliphatic carbocycles. The Labute approximate surface area is 228 Å². The molecule has 0 amide bonds. The number of hydrogen-bond donors (Lipinski definition) is 0. The van der Waals surface area contributed by atoms with Crippen LogP contribution in [0.15, 0.2) is 60.2 Å². The Morgan fingerprint density at radius 2 is 1.19 bits per heavy atom. The first-order valence-corrected chi connectivity index (χ1v) is 16.5. The van der Waals surface area contributed by atoms with Gasteiger partial charge in [0.05, 0.1) is 0 Å². The number of allylic oxidation sites excluding steroid dienone is 6. The van der Waals surface area contributed by atoms with Gasteiger partial charge in [0.1, 0.15) is 0 Å². The lowest BCUT2D eigenvalue weighted by Crippen LogP contribution is -2.26. The quantitative estimate of drug-likeness (QED) is 0.343. The maximum absolute atomic E-state index is 2.69. The Bertz CT molecular complexity index is 925. The summed E-state index contributed by atoms with van der Waals surface area (Å²) in [4.78, 5) is 0. The van der Waals surface area contributed by atoms with Crippen molar-refractivity contribution in [3.63, 3.8) is 0 Å². The second-order valence-corrected chi connectivity index (χ2v) is 13.5. The lowest BCUT2D eigenvalue weighted by Gasteiger charge is -2.38. The highest BCUT2D eigenvalue weighted by atomic mass is 14.4. The summed E-state index contributed by atoms with van der Waals surface area (Å²) in [5, 5.41) is 0. The number of hydrogen-bond acceptors (Lipinski definition) is 0. The summed E-state index contributed by atoms with van der Waals surface area (Å²) in [5.41, 5.74) is 4.88. The summed E-state index contributed by atoms with van der Waals surface area (Å²) in [5.74, 6) is 5.44. The third kappa shape index (κ3) is 6.20. The highest BCUT2D eigenvalue weighted by molar-refractivity contribution is 5.34. The van der Waals surface area contributed by atoms with Gasteiger partial charge in [0, 0.05) is 0 Å². The van der Waals surface area contributed by atoms with E-state index in [0.717, 1.165) is 23.7 Å². The lowest BCUT2D eigenvalue weighted by atomic mass is 9.67. The van der Waals surface area contributed by atoms with Crippen molar-refractivity contribution in [2.45, 2.75) is 127 Å². The highest BCUT2D eigenvalue weighted by Gasteiger charge is 2.33. The summed E-state index contributed by atoms with van der Waals surface area (Å²) in [6, 6.07) is 10.1. The van der Waals surface area contributed by atoms with Crippen LogP contribution < -0.4 is 0 Å². The minimum Gasteiger partial charge on any atom is -0.0848 e. The van der Waals surface area contributed by atoms with Crippen LogP contribution in [0, 0.1) is 29.6 Å². The van der Waals surface area contributed by atoms with Gasteiger partial charge in [-0.05, 0) is 116 Å². The van der Waals surface area contributed by atoms with Crippen LogP contribution in [-0.4, -0.2) is 0 Å². The Kier molecular flexibility index (Phi) is 8.70. The molecule has 0 heteroatoms. The summed E-state index contributed by atoms with van der Waals surface area (Å²) in [6.45, 7) is 0. The number of benzene rings is 1. The van der Waals surface area contributed by atoms with E-state index in [1.807, 2.05) is 0 Å². The van der Waals surface area contributed by atoms with E-state index in [9.17, 15) is 0 Å². The van der Waals surface area contributed by atoms with Gasteiger partial charge in [-0.25, -0.2) is 0 Å². The second-order valence-electron chi connectivity index (χ2n) is 13.5. The molecule has 4 unspecified atom stereocenters. The molecule has 0 nitrogen and oxygen atoms in total. The van der Waals surface area contributed by atoms with Crippen LogP contribution in [0.2, 0.25) is 0 Å². The predicted octanol–water partition coefficient (Wildman–Crippen LogP) is 11.1. The zero-order chi connectivity index (χ0) is 24.9. The molecule has 1 aromatic carbocycles. The minimum atomic E-state index is 0.629. The van der Waals surface area contributed by atoms with Crippen molar-refractivity contribution >= 4 is 0 Å². The Morgan fingerprint density at radius 1 is 0.541 bits per heavy atom. The first-order valence-electron chi connectivity index (χ1n) is 16.5. The van der Waals surface area contributed by atoms with Crippen molar-refractivity contribution in [1.82, 2.24) is 0 Å². The molecule has 3 fully saturated rings. The molecule has 1 aromatic rings. The molecule has 0 heterocycles. The fraction of sp³-hybridized carbons (Fsp3) is 0.676. The van der Waals surface area contributed by atoms with Gasteiger partial charge in [0.15, 0.2) is 0 Å². The molecule has 0 saturated heterocycles. The number of rotatable bonds is 6. The average molecular weight is 497 g/mol. The normalized spacial score (nSPS) is 31.2. The van der Waals surface area contributed by atoms with Gasteiger partial charge in [-0.1, -0.05) is 112 Å². The van der Waals surface area contributed by atoms with E-state index in [-0.39, 0.29) is 0 Å². The molecule has 37 heavy (non-hydrogen) atoms. The van der Waals surface area contributed by atoms with Crippen LogP contribution >= 0.6 is 0 Å². The highest BCUT2D eigenvalue weighted by Crippen LogP contribution is 2.46. The molecule has 5 aliphatic rings. The molecule has 200 valence electrons. The molecule has 0 aliphatic heterocycles. The lowest BCUT2D eigenvalue weighted by molar-refractivity contribution is 0.244. The topological polar surface area (TPSA) is 0 Å². The SMILES string of the molecule is C1=CC(C(c2ccc(C3CCCCC3)cc2)C2C=CC(C3CCCCC3)CC2)CC=C1C1CCCCC1. The van der Waals surface area contributed by atoms with E-state index in [2.05, 4.69) is 54.6 Å². The molecule has 3 saturated carbocycles. The molecule has 0 spiro atoms. The van der Waals surface area contributed by atoms with E-state index in [4.69, 9.17) is 0 Å². The molecule has 4 atom stereocenters. The van der Waals surface area contributed by atoms with Gasteiger partial charge in [-0.15, -0.1) is 0 Å². The first kappa shape index (κ1) is 25.7. The molecular formula is C37H52. The molecule has 6 rings (SSSR count). The van der Waals surface area contributed by atoms with Crippen molar-refractivity contribution in [1.29, 1.82) is 0 Å². The van der Waals surface area contributed by atoms with Crippen LogP contribution in [0.5, 0.6) is 0 Å². The second kappa shape index (κ2) is 12.5. The van der Waals surface area contributed by atoms with Crippen molar-refractivity contribution in [2.24, 2.45) is 29.6 Å². The molecule has 0 bridgehead atoms. The largest absolute Gasteiger partial charge is 0.0848 e. The molecular weight excluding hydrogens is 444 g/mol. The molecule has 0 N–H and O–H groups in total. The van der Waals surface area contributed by atoms with Gasteiger partial charge in [-0.2, -0.15) is 0 Å². The monoisotopic (exact) mass is 496 g/mol. The third-order valence-corrected chi connectivity index (χ3v) is 11.3. The van der Waals surface area contributed by atoms with Crippen LogP contribution in [0.25, 0.3) is 0 Å². The standard InChI is InChI=1S/C37H52/c1-4-10-28(11-5-1)31-16-22-34(23-17-31)37(35-24-18-32(19-25-35)29-12-6-2-7-13-29)36-26-20-33(21-27-36)30-14-8-3-9-15-30/h16-20,22-24,26,28-30,33,35-37H,1-15,21,25,27H2. The minimum absolute atomic E-state index is 0.629.